The second-order valence-electron chi connectivity index (χ2n) is 8.62. The zero-order valence-electron chi connectivity index (χ0n) is 19.2. The van der Waals surface area contributed by atoms with Crippen LogP contribution in [0.5, 0.6) is 0 Å². The Morgan fingerprint density at radius 3 is 2.00 bits per heavy atom. The van der Waals surface area contributed by atoms with Crippen molar-refractivity contribution in [2.24, 2.45) is 0 Å². The lowest BCUT2D eigenvalue weighted by Gasteiger charge is -2.35. The maximum atomic E-state index is 12.7. The van der Waals surface area contributed by atoms with E-state index < -0.39 is 11.8 Å². The van der Waals surface area contributed by atoms with Gasteiger partial charge in [0.1, 0.15) is 0 Å². The largest absolute Gasteiger partial charge is 0.378 e. The van der Waals surface area contributed by atoms with Crippen LogP contribution in [0.2, 0.25) is 0 Å². The highest BCUT2D eigenvalue weighted by Gasteiger charge is 2.30. The van der Waals surface area contributed by atoms with Crippen molar-refractivity contribution in [1.29, 1.82) is 0 Å². The van der Waals surface area contributed by atoms with E-state index in [4.69, 9.17) is 9.84 Å². The van der Waals surface area contributed by atoms with Crippen molar-refractivity contribution in [2.45, 2.75) is 6.54 Å². The van der Waals surface area contributed by atoms with Gasteiger partial charge in [0.2, 0.25) is 0 Å². The number of amides is 2. The molecular formula is C26H29N5O3. The van der Waals surface area contributed by atoms with E-state index in [9.17, 15) is 9.59 Å². The fourth-order valence-corrected chi connectivity index (χ4v) is 4.46. The van der Waals surface area contributed by atoms with Crippen LogP contribution in [0.4, 0.5) is 0 Å². The molecule has 2 fully saturated rings. The number of rotatable bonds is 4. The number of hydrogen-bond acceptors (Lipinski definition) is 5. The van der Waals surface area contributed by atoms with Crippen LogP contribution >= 0.6 is 0 Å². The molecular weight excluding hydrogens is 430 g/mol. The molecule has 0 bridgehead atoms. The average Bonchev–Trinajstić information content (AvgIpc) is 3.33. The molecule has 3 heterocycles. The highest BCUT2D eigenvalue weighted by molar-refractivity contribution is 6.34. The van der Waals surface area contributed by atoms with Gasteiger partial charge < -0.3 is 14.5 Å². The highest BCUT2D eigenvalue weighted by Crippen LogP contribution is 2.25. The molecule has 2 amide bonds. The molecule has 5 rings (SSSR count). The maximum Gasteiger partial charge on any atom is 0.312 e. The van der Waals surface area contributed by atoms with Crippen molar-refractivity contribution < 1.29 is 14.3 Å². The normalized spacial score (nSPS) is 17.1. The highest BCUT2D eigenvalue weighted by atomic mass is 16.5. The number of carbonyl (C=O) groups excluding carboxylic acids is 2. The van der Waals surface area contributed by atoms with E-state index in [0.717, 1.165) is 29.1 Å². The van der Waals surface area contributed by atoms with Gasteiger partial charge in [0, 0.05) is 63.1 Å². The zero-order chi connectivity index (χ0) is 23.3. The lowest BCUT2D eigenvalue weighted by atomic mass is 10.1. The van der Waals surface area contributed by atoms with Gasteiger partial charge in [-0.2, -0.15) is 5.10 Å². The average molecular weight is 460 g/mol. The molecule has 0 aliphatic carbocycles. The number of carbonyl (C=O) groups is 2. The number of benzene rings is 2. The van der Waals surface area contributed by atoms with E-state index >= 15 is 0 Å². The molecule has 0 saturated carbocycles. The third-order valence-electron chi connectivity index (χ3n) is 6.39. The van der Waals surface area contributed by atoms with Crippen molar-refractivity contribution in [3.05, 3.63) is 72.4 Å². The van der Waals surface area contributed by atoms with Gasteiger partial charge in [0.25, 0.3) is 0 Å². The van der Waals surface area contributed by atoms with Gasteiger partial charge in [-0.3, -0.25) is 14.5 Å². The van der Waals surface area contributed by atoms with Gasteiger partial charge in [0.05, 0.1) is 24.6 Å². The second-order valence-corrected chi connectivity index (χ2v) is 8.62. The Morgan fingerprint density at radius 2 is 1.35 bits per heavy atom. The lowest BCUT2D eigenvalue weighted by molar-refractivity contribution is -0.155. The van der Waals surface area contributed by atoms with Crippen LogP contribution in [0.1, 0.15) is 5.56 Å². The minimum Gasteiger partial charge on any atom is -0.378 e. The number of morpholine rings is 1. The molecule has 0 unspecified atom stereocenters. The summed E-state index contributed by atoms with van der Waals surface area (Å²) in [6.07, 6.45) is 2.09. The summed E-state index contributed by atoms with van der Waals surface area (Å²) < 4.78 is 7.21. The lowest BCUT2D eigenvalue weighted by Crippen LogP contribution is -2.54. The van der Waals surface area contributed by atoms with Crippen LogP contribution in [-0.2, 0) is 20.9 Å². The van der Waals surface area contributed by atoms with Gasteiger partial charge in [0.15, 0.2) is 0 Å². The minimum atomic E-state index is -0.410. The molecule has 2 aromatic carbocycles. The molecule has 0 N–H and O–H groups in total. The van der Waals surface area contributed by atoms with Crippen molar-refractivity contribution in [3.8, 4) is 16.9 Å². The monoisotopic (exact) mass is 459 g/mol. The molecule has 0 spiro atoms. The first-order valence-electron chi connectivity index (χ1n) is 11.8. The smallest absolute Gasteiger partial charge is 0.312 e. The molecule has 3 aromatic rings. The van der Waals surface area contributed by atoms with Crippen LogP contribution < -0.4 is 0 Å². The quantitative estimate of drug-likeness (QED) is 0.559. The summed E-state index contributed by atoms with van der Waals surface area (Å²) in [7, 11) is 0. The topological polar surface area (TPSA) is 70.9 Å². The van der Waals surface area contributed by atoms with Crippen LogP contribution in [0, 0.1) is 0 Å². The number of piperazine rings is 1. The number of aromatic nitrogens is 2. The fourth-order valence-electron chi connectivity index (χ4n) is 4.46. The molecule has 0 atom stereocenters. The van der Waals surface area contributed by atoms with Crippen LogP contribution in [0.25, 0.3) is 16.9 Å². The Bertz CT molecular complexity index is 1120. The Labute approximate surface area is 199 Å². The molecule has 8 nitrogen and oxygen atoms in total. The summed E-state index contributed by atoms with van der Waals surface area (Å²) in [6, 6.07) is 20.3. The van der Waals surface area contributed by atoms with Crippen LogP contribution in [-0.4, -0.2) is 88.8 Å². The minimum absolute atomic E-state index is 0.400. The Morgan fingerprint density at radius 1 is 0.765 bits per heavy atom. The maximum absolute atomic E-state index is 12.7. The predicted molar refractivity (Wildman–Crippen MR) is 128 cm³/mol. The summed E-state index contributed by atoms with van der Waals surface area (Å²) >= 11 is 0. The standard InChI is InChI=1S/C26H29N5O3/c32-25(26(33)30-15-17-34-18-16-30)29-13-11-28(12-14-29)19-22-20-31(23-9-5-2-6-10-23)27-24(22)21-7-3-1-4-8-21/h1-10,20H,11-19H2. The van der Waals surface area contributed by atoms with E-state index in [1.54, 1.807) is 9.80 Å². The van der Waals surface area contributed by atoms with Gasteiger partial charge >= 0.3 is 11.8 Å². The van der Waals surface area contributed by atoms with Crippen molar-refractivity contribution in [1.82, 2.24) is 24.5 Å². The molecule has 1 aromatic heterocycles. The van der Waals surface area contributed by atoms with E-state index in [1.807, 2.05) is 53.2 Å². The van der Waals surface area contributed by atoms with Gasteiger partial charge in [-0.1, -0.05) is 48.5 Å². The summed E-state index contributed by atoms with van der Waals surface area (Å²) in [6.45, 7) is 5.21. The third-order valence-corrected chi connectivity index (χ3v) is 6.39. The zero-order valence-corrected chi connectivity index (χ0v) is 19.2. The Kier molecular flexibility index (Phi) is 6.69. The second kappa shape index (κ2) is 10.2. The van der Waals surface area contributed by atoms with Crippen molar-refractivity contribution >= 4 is 11.8 Å². The third kappa shape index (κ3) is 4.88. The predicted octanol–water partition coefficient (Wildman–Crippen LogP) is 2.04. The molecule has 2 aliphatic heterocycles. The molecule has 8 heteroatoms. The van der Waals surface area contributed by atoms with Gasteiger partial charge in [-0.25, -0.2) is 4.68 Å². The first-order valence-corrected chi connectivity index (χ1v) is 11.8. The van der Waals surface area contributed by atoms with E-state index in [0.29, 0.717) is 52.5 Å². The number of nitrogens with zero attached hydrogens (tertiary/aromatic N) is 5. The van der Waals surface area contributed by atoms with Crippen LogP contribution in [0.15, 0.2) is 66.9 Å². The van der Waals surface area contributed by atoms with E-state index in [1.165, 1.54) is 0 Å². The number of hydrogen-bond donors (Lipinski definition) is 0. The van der Waals surface area contributed by atoms with Gasteiger partial charge in [-0.15, -0.1) is 0 Å². The Balaban J connectivity index is 1.27. The molecule has 34 heavy (non-hydrogen) atoms. The van der Waals surface area contributed by atoms with Crippen molar-refractivity contribution in [3.63, 3.8) is 0 Å². The molecule has 2 saturated heterocycles. The summed E-state index contributed by atoms with van der Waals surface area (Å²) in [5.74, 6) is -0.810. The molecule has 0 radical (unpaired) electrons. The number of para-hydroxylation sites is 1. The fraction of sp³-hybridized carbons (Fsp3) is 0.346. The summed E-state index contributed by atoms with van der Waals surface area (Å²) in [5.41, 5.74) is 4.20. The van der Waals surface area contributed by atoms with Crippen LogP contribution in [0.3, 0.4) is 0 Å². The van der Waals surface area contributed by atoms with Crippen molar-refractivity contribution in [2.75, 3.05) is 52.5 Å². The Hall–Kier alpha value is -3.49. The van der Waals surface area contributed by atoms with Gasteiger partial charge in [-0.05, 0) is 12.1 Å². The molecule has 2 aliphatic rings. The number of ether oxygens (including phenoxy) is 1. The summed E-state index contributed by atoms with van der Waals surface area (Å²) in [5, 5.41) is 4.90. The first kappa shape index (κ1) is 22.3. The summed E-state index contributed by atoms with van der Waals surface area (Å²) in [4.78, 5) is 30.9. The molecule has 176 valence electrons. The van der Waals surface area contributed by atoms with E-state index in [2.05, 4.69) is 23.2 Å². The SMILES string of the molecule is O=C(C(=O)N1CCN(Cc2cn(-c3ccccc3)nc2-c2ccccc2)CC1)N1CCOCC1. The first-order chi connectivity index (χ1) is 16.7. The van der Waals surface area contributed by atoms with E-state index in [-0.39, 0.29) is 0 Å².